The lowest BCUT2D eigenvalue weighted by molar-refractivity contribution is -0.124. The highest BCUT2D eigenvalue weighted by atomic mass is 16.5. The molecule has 1 N–H and O–H groups in total. The molecule has 1 heterocycles. The standard InChI is InChI=1S/C25H32N2O4/c1-5-6-14-26-24(28)21-16-27(25(29)18-11-8-7-10-17(18)2)15-20(21)19-12-9-13-22(30-3)23(19)31-4/h7-13,20-21H,5-6,14-16H2,1-4H3,(H,26,28)/t20-,21+/m1/s1. The molecule has 0 radical (unpaired) electrons. The summed E-state index contributed by atoms with van der Waals surface area (Å²) in [5.74, 6) is 0.628. The van der Waals surface area contributed by atoms with Gasteiger partial charge in [0.2, 0.25) is 5.91 Å². The molecule has 2 aromatic carbocycles. The smallest absolute Gasteiger partial charge is 0.254 e. The summed E-state index contributed by atoms with van der Waals surface area (Å²) in [5.41, 5.74) is 2.49. The fourth-order valence-electron chi connectivity index (χ4n) is 4.26. The average molecular weight is 425 g/mol. The Labute approximate surface area is 184 Å². The summed E-state index contributed by atoms with van der Waals surface area (Å²) >= 11 is 0. The maximum absolute atomic E-state index is 13.3. The average Bonchev–Trinajstić information content (AvgIpc) is 3.24. The Hall–Kier alpha value is -3.02. The lowest BCUT2D eigenvalue weighted by atomic mass is 9.87. The van der Waals surface area contributed by atoms with Crippen LogP contribution in [0.2, 0.25) is 0 Å². The predicted octanol–water partition coefficient (Wildman–Crippen LogP) is 3.78. The Morgan fingerprint density at radius 1 is 1.06 bits per heavy atom. The normalized spacial score (nSPS) is 18.0. The minimum absolute atomic E-state index is 0.0246. The van der Waals surface area contributed by atoms with Gasteiger partial charge in [0.05, 0.1) is 20.1 Å². The van der Waals surface area contributed by atoms with Crippen LogP contribution in [0.1, 0.15) is 47.2 Å². The van der Waals surface area contributed by atoms with E-state index in [1.54, 1.807) is 19.1 Å². The molecule has 0 spiro atoms. The largest absolute Gasteiger partial charge is 0.493 e. The molecule has 0 saturated carbocycles. The monoisotopic (exact) mass is 424 g/mol. The summed E-state index contributed by atoms with van der Waals surface area (Å²) in [6.07, 6.45) is 1.94. The van der Waals surface area contributed by atoms with Crippen LogP contribution in [0.3, 0.4) is 0 Å². The van der Waals surface area contributed by atoms with Gasteiger partial charge in [-0.05, 0) is 31.0 Å². The number of carbonyl (C=O) groups is 2. The summed E-state index contributed by atoms with van der Waals surface area (Å²) in [6.45, 7) is 5.48. The van der Waals surface area contributed by atoms with Gasteiger partial charge in [-0.2, -0.15) is 0 Å². The Morgan fingerprint density at radius 3 is 2.52 bits per heavy atom. The topological polar surface area (TPSA) is 67.9 Å². The quantitative estimate of drug-likeness (QED) is 0.655. The number of nitrogens with zero attached hydrogens (tertiary/aromatic N) is 1. The second-order valence-electron chi connectivity index (χ2n) is 7.97. The maximum Gasteiger partial charge on any atom is 0.254 e. The number of hydrogen-bond donors (Lipinski definition) is 1. The second kappa shape index (κ2) is 10.3. The minimum Gasteiger partial charge on any atom is -0.493 e. The van der Waals surface area contributed by atoms with Crippen LogP contribution < -0.4 is 14.8 Å². The fraction of sp³-hybridized carbons (Fsp3) is 0.440. The van der Waals surface area contributed by atoms with Crippen molar-refractivity contribution in [3.05, 3.63) is 59.2 Å². The number of unbranched alkanes of at least 4 members (excludes halogenated alkanes) is 1. The number of likely N-dealkylation sites (tertiary alicyclic amines) is 1. The van der Waals surface area contributed by atoms with Crippen molar-refractivity contribution in [1.29, 1.82) is 0 Å². The van der Waals surface area contributed by atoms with Crippen LogP contribution in [-0.2, 0) is 4.79 Å². The van der Waals surface area contributed by atoms with E-state index in [1.165, 1.54) is 0 Å². The molecule has 166 valence electrons. The Bertz CT molecular complexity index is 927. The molecule has 6 heteroatoms. The molecular weight excluding hydrogens is 392 g/mol. The van der Waals surface area contributed by atoms with Gasteiger partial charge in [-0.1, -0.05) is 43.7 Å². The SMILES string of the molecule is CCCCNC(=O)[C@H]1CN(C(=O)c2ccccc2C)C[C@@H]1c1cccc(OC)c1OC. The molecule has 2 amide bonds. The van der Waals surface area contributed by atoms with E-state index in [0.717, 1.165) is 24.0 Å². The molecule has 0 aromatic heterocycles. The fourth-order valence-corrected chi connectivity index (χ4v) is 4.26. The number of carbonyl (C=O) groups excluding carboxylic acids is 2. The van der Waals surface area contributed by atoms with E-state index in [0.29, 0.717) is 36.7 Å². The van der Waals surface area contributed by atoms with Crippen molar-refractivity contribution >= 4 is 11.8 Å². The van der Waals surface area contributed by atoms with Crippen molar-refractivity contribution in [2.24, 2.45) is 5.92 Å². The highest BCUT2D eigenvalue weighted by molar-refractivity contribution is 5.96. The third kappa shape index (κ3) is 4.84. The van der Waals surface area contributed by atoms with Gasteiger partial charge in [0, 0.05) is 36.7 Å². The highest BCUT2D eigenvalue weighted by Gasteiger charge is 2.42. The molecule has 0 aliphatic carbocycles. The van der Waals surface area contributed by atoms with E-state index < -0.39 is 0 Å². The van der Waals surface area contributed by atoms with Gasteiger partial charge in [0.1, 0.15) is 0 Å². The van der Waals surface area contributed by atoms with Crippen LogP contribution >= 0.6 is 0 Å². The predicted molar refractivity (Wildman–Crippen MR) is 121 cm³/mol. The van der Waals surface area contributed by atoms with Crippen molar-refractivity contribution in [2.45, 2.75) is 32.6 Å². The molecule has 0 bridgehead atoms. The third-order valence-electron chi connectivity index (χ3n) is 5.98. The van der Waals surface area contributed by atoms with Crippen LogP contribution in [0, 0.1) is 12.8 Å². The molecule has 1 aliphatic rings. The molecule has 2 atom stereocenters. The molecule has 2 aromatic rings. The second-order valence-corrected chi connectivity index (χ2v) is 7.97. The third-order valence-corrected chi connectivity index (χ3v) is 5.98. The van der Waals surface area contributed by atoms with E-state index in [4.69, 9.17) is 9.47 Å². The molecular formula is C25H32N2O4. The first-order chi connectivity index (χ1) is 15.0. The van der Waals surface area contributed by atoms with E-state index in [1.807, 2.05) is 49.4 Å². The Kier molecular flexibility index (Phi) is 7.55. The lowest BCUT2D eigenvalue weighted by Gasteiger charge is -2.21. The molecule has 1 aliphatic heterocycles. The van der Waals surface area contributed by atoms with E-state index >= 15 is 0 Å². The zero-order valence-electron chi connectivity index (χ0n) is 18.8. The first kappa shape index (κ1) is 22.7. The molecule has 1 saturated heterocycles. The number of para-hydroxylation sites is 1. The highest BCUT2D eigenvalue weighted by Crippen LogP contribution is 2.42. The number of aryl methyl sites for hydroxylation is 1. The van der Waals surface area contributed by atoms with Crippen molar-refractivity contribution < 1.29 is 19.1 Å². The van der Waals surface area contributed by atoms with Crippen LogP contribution in [0.5, 0.6) is 11.5 Å². The number of hydrogen-bond acceptors (Lipinski definition) is 4. The zero-order valence-corrected chi connectivity index (χ0v) is 18.8. The first-order valence-electron chi connectivity index (χ1n) is 10.8. The van der Waals surface area contributed by atoms with Gasteiger partial charge in [0.15, 0.2) is 11.5 Å². The summed E-state index contributed by atoms with van der Waals surface area (Å²) in [7, 11) is 3.20. The van der Waals surface area contributed by atoms with Gasteiger partial charge in [-0.3, -0.25) is 9.59 Å². The maximum atomic E-state index is 13.3. The number of benzene rings is 2. The molecule has 3 rings (SSSR count). The Morgan fingerprint density at radius 2 is 1.84 bits per heavy atom. The Balaban J connectivity index is 1.94. The summed E-state index contributed by atoms with van der Waals surface area (Å²) < 4.78 is 11.1. The summed E-state index contributed by atoms with van der Waals surface area (Å²) in [6, 6.07) is 13.3. The van der Waals surface area contributed by atoms with Crippen molar-refractivity contribution in [3.8, 4) is 11.5 Å². The van der Waals surface area contributed by atoms with Crippen LogP contribution in [0.25, 0.3) is 0 Å². The van der Waals surface area contributed by atoms with Gasteiger partial charge in [-0.15, -0.1) is 0 Å². The molecule has 31 heavy (non-hydrogen) atoms. The number of ether oxygens (including phenoxy) is 2. The summed E-state index contributed by atoms with van der Waals surface area (Å²) in [5, 5.41) is 3.05. The van der Waals surface area contributed by atoms with E-state index in [2.05, 4.69) is 12.2 Å². The van der Waals surface area contributed by atoms with E-state index in [9.17, 15) is 9.59 Å². The number of methoxy groups -OCH3 is 2. The molecule has 0 unspecified atom stereocenters. The minimum atomic E-state index is -0.356. The number of rotatable bonds is 8. The van der Waals surface area contributed by atoms with Gasteiger partial charge >= 0.3 is 0 Å². The van der Waals surface area contributed by atoms with E-state index in [-0.39, 0.29) is 23.7 Å². The molecule has 6 nitrogen and oxygen atoms in total. The van der Waals surface area contributed by atoms with Gasteiger partial charge in [-0.25, -0.2) is 0 Å². The van der Waals surface area contributed by atoms with Crippen molar-refractivity contribution in [3.63, 3.8) is 0 Å². The van der Waals surface area contributed by atoms with Crippen molar-refractivity contribution in [2.75, 3.05) is 33.9 Å². The summed E-state index contributed by atoms with van der Waals surface area (Å²) in [4.78, 5) is 28.2. The first-order valence-corrected chi connectivity index (χ1v) is 10.8. The van der Waals surface area contributed by atoms with Crippen LogP contribution in [0.4, 0.5) is 0 Å². The van der Waals surface area contributed by atoms with Crippen LogP contribution in [-0.4, -0.2) is 50.6 Å². The number of nitrogens with one attached hydrogen (secondary N) is 1. The van der Waals surface area contributed by atoms with Gasteiger partial charge in [0.25, 0.3) is 5.91 Å². The lowest BCUT2D eigenvalue weighted by Crippen LogP contribution is -2.36. The zero-order chi connectivity index (χ0) is 22.4. The molecule has 1 fully saturated rings. The number of amides is 2. The van der Waals surface area contributed by atoms with Crippen LogP contribution in [0.15, 0.2) is 42.5 Å². The van der Waals surface area contributed by atoms with Gasteiger partial charge < -0.3 is 19.7 Å². The van der Waals surface area contributed by atoms with Crippen molar-refractivity contribution in [1.82, 2.24) is 10.2 Å².